The highest BCUT2D eigenvalue weighted by Crippen LogP contribution is 2.29. The first kappa shape index (κ1) is 11.8. The Bertz CT molecular complexity index is 431. The third-order valence-electron chi connectivity index (χ3n) is 3.92. The monoisotopic (exact) mass is 248 g/mol. The molecule has 18 heavy (non-hydrogen) atoms. The van der Waals surface area contributed by atoms with Gasteiger partial charge in [0.2, 0.25) is 0 Å². The Morgan fingerprint density at radius 1 is 1.50 bits per heavy atom. The zero-order chi connectivity index (χ0) is 12.5. The van der Waals surface area contributed by atoms with E-state index >= 15 is 0 Å². The molecule has 1 aromatic rings. The first-order valence-corrected chi connectivity index (χ1v) is 6.84. The molecule has 2 heterocycles. The predicted molar refractivity (Wildman–Crippen MR) is 68.5 cm³/mol. The van der Waals surface area contributed by atoms with Crippen molar-refractivity contribution in [3.05, 3.63) is 23.7 Å². The lowest BCUT2D eigenvalue weighted by Crippen LogP contribution is -2.42. The number of furan rings is 1. The molecule has 4 heteroatoms. The molecule has 2 fully saturated rings. The summed E-state index contributed by atoms with van der Waals surface area (Å²) in [4.78, 5) is 14.6. The van der Waals surface area contributed by atoms with Crippen molar-refractivity contribution in [3.8, 4) is 0 Å². The van der Waals surface area contributed by atoms with Crippen LogP contribution in [0.4, 0.5) is 0 Å². The number of carbonyl (C=O) groups excluding carboxylic acids is 1. The molecule has 3 rings (SSSR count). The molecule has 0 aromatic carbocycles. The average Bonchev–Trinajstić information content (AvgIpc) is 2.89. The van der Waals surface area contributed by atoms with E-state index in [1.54, 1.807) is 12.3 Å². The van der Waals surface area contributed by atoms with Gasteiger partial charge in [-0.25, -0.2) is 0 Å². The first-order valence-electron chi connectivity index (χ1n) is 6.84. The van der Waals surface area contributed by atoms with E-state index in [-0.39, 0.29) is 5.91 Å². The standard InChI is InChI=1S/C14H20N2O2/c1-10-13(6-8-18-10)14(17)16(12-4-5-12)9-11-3-2-7-15-11/h6,8,11-12,15H,2-5,7,9H2,1H3. The quantitative estimate of drug-likeness (QED) is 0.885. The number of amides is 1. The van der Waals surface area contributed by atoms with Crippen molar-refractivity contribution in [1.82, 2.24) is 10.2 Å². The summed E-state index contributed by atoms with van der Waals surface area (Å²) in [6.07, 6.45) is 6.30. The van der Waals surface area contributed by atoms with E-state index < -0.39 is 0 Å². The van der Waals surface area contributed by atoms with Gasteiger partial charge in [0, 0.05) is 18.6 Å². The van der Waals surface area contributed by atoms with E-state index in [4.69, 9.17) is 4.42 Å². The van der Waals surface area contributed by atoms with E-state index in [1.165, 1.54) is 12.8 Å². The van der Waals surface area contributed by atoms with Gasteiger partial charge in [-0.3, -0.25) is 4.79 Å². The van der Waals surface area contributed by atoms with E-state index in [2.05, 4.69) is 5.32 Å². The van der Waals surface area contributed by atoms with Crippen LogP contribution in [0.15, 0.2) is 16.7 Å². The van der Waals surface area contributed by atoms with E-state index in [1.807, 2.05) is 11.8 Å². The Labute approximate surface area is 107 Å². The van der Waals surface area contributed by atoms with Crippen molar-refractivity contribution in [2.45, 2.75) is 44.7 Å². The summed E-state index contributed by atoms with van der Waals surface area (Å²) in [6, 6.07) is 2.71. The fourth-order valence-corrected chi connectivity index (χ4v) is 2.70. The minimum Gasteiger partial charge on any atom is -0.469 e. The van der Waals surface area contributed by atoms with Crippen molar-refractivity contribution >= 4 is 5.91 Å². The SMILES string of the molecule is Cc1occc1C(=O)N(CC1CCCN1)C1CC1. The molecule has 0 radical (unpaired) electrons. The number of nitrogens with one attached hydrogen (secondary N) is 1. The molecule has 1 saturated carbocycles. The van der Waals surface area contributed by atoms with Crippen LogP contribution in [0.1, 0.15) is 41.8 Å². The number of rotatable bonds is 4. The number of carbonyl (C=O) groups is 1. The predicted octanol–water partition coefficient (Wildman–Crippen LogP) is 1.94. The molecular formula is C14H20N2O2. The maximum atomic E-state index is 12.5. The van der Waals surface area contributed by atoms with Crippen molar-refractivity contribution in [2.75, 3.05) is 13.1 Å². The smallest absolute Gasteiger partial charge is 0.257 e. The average molecular weight is 248 g/mol. The molecule has 1 saturated heterocycles. The van der Waals surface area contributed by atoms with E-state index in [0.717, 1.165) is 37.3 Å². The lowest BCUT2D eigenvalue weighted by molar-refractivity contribution is 0.0727. The van der Waals surface area contributed by atoms with Gasteiger partial charge in [-0.05, 0) is 45.2 Å². The summed E-state index contributed by atoms with van der Waals surface area (Å²) in [5.41, 5.74) is 0.722. The van der Waals surface area contributed by atoms with Gasteiger partial charge in [-0.2, -0.15) is 0 Å². The fraction of sp³-hybridized carbons (Fsp3) is 0.643. The van der Waals surface area contributed by atoms with Crippen molar-refractivity contribution in [2.24, 2.45) is 0 Å². The topological polar surface area (TPSA) is 45.5 Å². The molecule has 1 unspecified atom stereocenters. The minimum absolute atomic E-state index is 0.137. The summed E-state index contributed by atoms with van der Waals surface area (Å²) in [6.45, 7) is 3.78. The van der Waals surface area contributed by atoms with Crippen LogP contribution < -0.4 is 5.32 Å². The normalized spacial score (nSPS) is 23.3. The third-order valence-corrected chi connectivity index (χ3v) is 3.92. The highest BCUT2D eigenvalue weighted by atomic mass is 16.3. The Morgan fingerprint density at radius 3 is 2.89 bits per heavy atom. The van der Waals surface area contributed by atoms with Crippen LogP contribution in [0.3, 0.4) is 0 Å². The van der Waals surface area contributed by atoms with Crippen LogP contribution in [-0.2, 0) is 0 Å². The molecule has 1 aromatic heterocycles. The molecular weight excluding hydrogens is 228 g/mol. The molecule has 98 valence electrons. The van der Waals surface area contributed by atoms with E-state index in [0.29, 0.717) is 12.1 Å². The summed E-state index contributed by atoms with van der Waals surface area (Å²) in [7, 11) is 0. The van der Waals surface area contributed by atoms with Gasteiger partial charge in [0.15, 0.2) is 0 Å². The number of hydrogen-bond acceptors (Lipinski definition) is 3. The molecule has 1 amide bonds. The van der Waals surface area contributed by atoms with Crippen molar-refractivity contribution in [1.29, 1.82) is 0 Å². The molecule has 0 spiro atoms. The third kappa shape index (κ3) is 2.29. The van der Waals surface area contributed by atoms with Crippen molar-refractivity contribution in [3.63, 3.8) is 0 Å². The second-order valence-electron chi connectivity index (χ2n) is 5.37. The highest BCUT2D eigenvalue weighted by molar-refractivity contribution is 5.95. The summed E-state index contributed by atoms with van der Waals surface area (Å²) < 4.78 is 5.24. The van der Waals surface area contributed by atoms with Gasteiger partial charge < -0.3 is 14.6 Å². The molecule has 1 aliphatic carbocycles. The fourth-order valence-electron chi connectivity index (χ4n) is 2.70. The van der Waals surface area contributed by atoms with Crippen LogP contribution in [0, 0.1) is 6.92 Å². The Balaban J connectivity index is 1.73. The number of aryl methyl sites for hydroxylation is 1. The van der Waals surface area contributed by atoms with Crippen LogP contribution in [0.5, 0.6) is 0 Å². The highest BCUT2D eigenvalue weighted by Gasteiger charge is 2.35. The lowest BCUT2D eigenvalue weighted by Gasteiger charge is -2.25. The van der Waals surface area contributed by atoms with Gasteiger partial charge in [0.25, 0.3) is 5.91 Å². The Morgan fingerprint density at radius 2 is 2.33 bits per heavy atom. The van der Waals surface area contributed by atoms with Gasteiger partial charge in [0.1, 0.15) is 5.76 Å². The zero-order valence-electron chi connectivity index (χ0n) is 10.8. The summed E-state index contributed by atoms with van der Waals surface area (Å²) >= 11 is 0. The van der Waals surface area contributed by atoms with Gasteiger partial charge in [0.05, 0.1) is 11.8 Å². The van der Waals surface area contributed by atoms with Gasteiger partial charge in [-0.15, -0.1) is 0 Å². The van der Waals surface area contributed by atoms with Crippen molar-refractivity contribution < 1.29 is 9.21 Å². The van der Waals surface area contributed by atoms with Crippen LogP contribution in [0.25, 0.3) is 0 Å². The maximum absolute atomic E-state index is 12.5. The minimum atomic E-state index is 0.137. The molecule has 0 bridgehead atoms. The lowest BCUT2D eigenvalue weighted by atomic mass is 10.1. The van der Waals surface area contributed by atoms with Gasteiger partial charge >= 0.3 is 0 Å². The van der Waals surface area contributed by atoms with Crippen LogP contribution in [-0.4, -0.2) is 36.0 Å². The Kier molecular flexibility index (Phi) is 3.12. The van der Waals surface area contributed by atoms with Crippen LogP contribution in [0.2, 0.25) is 0 Å². The molecule has 1 N–H and O–H groups in total. The molecule has 4 nitrogen and oxygen atoms in total. The Hall–Kier alpha value is -1.29. The summed E-state index contributed by atoms with van der Waals surface area (Å²) in [5, 5.41) is 3.47. The molecule has 1 aliphatic heterocycles. The second kappa shape index (κ2) is 4.76. The maximum Gasteiger partial charge on any atom is 0.257 e. The van der Waals surface area contributed by atoms with Crippen LogP contribution >= 0.6 is 0 Å². The number of hydrogen-bond donors (Lipinski definition) is 1. The zero-order valence-corrected chi connectivity index (χ0v) is 10.8. The van der Waals surface area contributed by atoms with E-state index in [9.17, 15) is 4.79 Å². The summed E-state index contributed by atoms with van der Waals surface area (Å²) in [5.74, 6) is 0.863. The second-order valence-corrected chi connectivity index (χ2v) is 5.37. The number of nitrogens with zero attached hydrogens (tertiary/aromatic N) is 1. The molecule has 1 atom stereocenters. The van der Waals surface area contributed by atoms with Gasteiger partial charge in [-0.1, -0.05) is 0 Å². The largest absolute Gasteiger partial charge is 0.469 e. The molecule has 2 aliphatic rings. The first-order chi connectivity index (χ1) is 8.75.